The third kappa shape index (κ3) is 3.33. The fourth-order valence-corrected chi connectivity index (χ4v) is 2.46. The Morgan fingerprint density at radius 3 is 2.53 bits per heavy atom. The second kappa shape index (κ2) is 5.69. The molecule has 2 aliphatic rings. The smallest absolute Gasteiger partial charge is 0.315 e. The molecule has 0 aromatic carbocycles. The van der Waals surface area contributed by atoms with Crippen molar-refractivity contribution < 1.29 is 14.3 Å². The van der Waals surface area contributed by atoms with E-state index in [0.29, 0.717) is 13.2 Å². The Kier molecular flexibility index (Phi) is 4.23. The van der Waals surface area contributed by atoms with E-state index in [2.05, 4.69) is 10.6 Å². The maximum absolute atomic E-state index is 11.5. The highest BCUT2D eigenvalue weighted by Gasteiger charge is 2.40. The minimum atomic E-state index is -0.335. The summed E-state index contributed by atoms with van der Waals surface area (Å²) in [6.45, 7) is 4.18. The molecule has 98 valence electrons. The Morgan fingerprint density at radius 2 is 1.94 bits per heavy atom. The number of rotatable bonds is 3. The molecule has 5 nitrogen and oxygen atoms in total. The van der Waals surface area contributed by atoms with Gasteiger partial charge in [-0.15, -0.1) is 0 Å². The van der Waals surface area contributed by atoms with Crippen molar-refractivity contribution in [3.05, 3.63) is 0 Å². The molecule has 1 saturated carbocycles. The fourth-order valence-electron chi connectivity index (χ4n) is 2.46. The van der Waals surface area contributed by atoms with Gasteiger partial charge < -0.3 is 20.1 Å². The van der Waals surface area contributed by atoms with Crippen LogP contribution in [0.3, 0.4) is 0 Å². The topological polar surface area (TPSA) is 59.6 Å². The highest BCUT2D eigenvalue weighted by molar-refractivity contribution is 5.74. The quantitative estimate of drug-likeness (QED) is 0.786. The summed E-state index contributed by atoms with van der Waals surface area (Å²) in [6.07, 6.45) is 4.58. The van der Waals surface area contributed by atoms with Gasteiger partial charge in [0.25, 0.3) is 0 Å². The van der Waals surface area contributed by atoms with Crippen LogP contribution in [0, 0.1) is 0 Å². The van der Waals surface area contributed by atoms with Gasteiger partial charge in [-0.05, 0) is 19.3 Å². The fraction of sp³-hybridized carbons (Fsp3) is 0.917. The third-order valence-corrected chi connectivity index (χ3v) is 3.43. The molecule has 0 radical (unpaired) electrons. The highest BCUT2D eigenvalue weighted by atomic mass is 16.7. The Bertz CT molecular complexity index is 254. The molecule has 1 aliphatic carbocycles. The molecule has 1 aliphatic heterocycles. The first-order valence-corrected chi connectivity index (χ1v) is 6.56. The minimum absolute atomic E-state index is 0.0546. The van der Waals surface area contributed by atoms with Crippen LogP contribution in [-0.2, 0) is 9.47 Å². The van der Waals surface area contributed by atoms with Crippen LogP contribution in [0.2, 0.25) is 0 Å². The summed E-state index contributed by atoms with van der Waals surface area (Å²) < 4.78 is 11.3. The molecule has 0 unspecified atom stereocenters. The molecule has 1 saturated heterocycles. The van der Waals surface area contributed by atoms with Crippen LogP contribution in [0.1, 0.15) is 39.0 Å². The van der Waals surface area contributed by atoms with Crippen molar-refractivity contribution in [2.24, 2.45) is 0 Å². The molecular formula is C12H22N2O3. The predicted octanol–water partition coefficient (Wildman–Crippen LogP) is 1.38. The first-order valence-electron chi connectivity index (χ1n) is 6.56. The standard InChI is InChI=1S/C12H22N2O3/c1-2-7-13-11(15)14-10-3-5-12(6-4-10)16-8-9-17-12/h10H,2-9H2,1H3,(H2,13,14,15). The van der Waals surface area contributed by atoms with Crippen LogP contribution in [0.25, 0.3) is 0 Å². The summed E-state index contributed by atoms with van der Waals surface area (Å²) in [4.78, 5) is 11.5. The number of nitrogens with one attached hydrogen (secondary N) is 2. The predicted molar refractivity (Wildman–Crippen MR) is 63.7 cm³/mol. The molecule has 2 rings (SSSR count). The summed E-state index contributed by atoms with van der Waals surface area (Å²) in [7, 11) is 0. The first-order chi connectivity index (χ1) is 8.24. The lowest BCUT2D eigenvalue weighted by molar-refractivity contribution is -0.179. The van der Waals surface area contributed by atoms with Crippen LogP contribution < -0.4 is 10.6 Å². The molecular weight excluding hydrogens is 220 g/mol. The first kappa shape index (κ1) is 12.6. The highest BCUT2D eigenvalue weighted by Crippen LogP contribution is 2.35. The van der Waals surface area contributed by atoms with E-state index in [1.165, 1.54) is 0 Å². The number of hydrogen-bond donors (Lipinski definition) is 2. The van der Waals surface area contributed by atoms with Gasteiger partial charge in [0.1, 0.15) is 0 Å². The molecule has 0 aromatic heterocycles. The van der Waals surface area contributed by atoms with Gasteiger partial charge in [-0.3, -0.25) is 0 Å². The lowest BCUT2D eigenvalue weighted by Crippen LogP contribution is -2.47. The van der Waals surface area contributed by atoms with Crippen molar-refractivity contribution >= 4 is 6.03 Å². The van der Waals surface area contributed by atoms with Crippen LogP contribution in [0.5, 0.6) is 0 Å². The summed E-state index contributed by atoms with van der Waals surface area (Å²) in [6, 6.07) is 0.200. The molecule has 17 heavy (non-hydrogen) atoms. The maximum atomic E-state index is 11.5. The largest absolute Gasteiger partial charge is 0.348 e. The maximum Gasteiger partial charge on any atom is 0.315 e. The van der Waals surface area contributed by atoms with Crippen molar-refractivity contribution in [1.29, 1.82) is 0 Å². The van der Waals surface area contributed by atoms with Crippen molar-refractivity contribution in [2.45, 2.75) is 50.9 Å². The van der Waals surface area contributed by atoms with Gasteiger partial charge in [-0.1, -0.05) is 6.92 Å². The lowest BCUT2D eigenvalue weighted by Gasteiger charge is -2.35. The Hall–Kier alpha value is -0.810. The van der Waals surface area contributed by atoms with Gasteiger partial charge in [-0.25, -0.2) is 4.79 Å². The van der Waals surface area contributed by atoms with E-state index >= 15 is 0 Å². The van der Waals surface area contributed by atoms with Crippen molar-refractivity contribution in [1.82, 2.24) is 10.6 Å². The number of ether oxygens (including phenoxy) is 2. The average molecular weight is 242 g/mol. The number of carbonyl (C=O) groups excluding carboxylic acids is 1. The van der Waals surface area contributed by atoms with E-state index < -0.39 is 0 Å². The molecule has 0 atom stereocenters. The molecule has 1 spiro atoms. The molecule has 0 bridgehead atoms. The van der Waals surface area contributed by atoms with Crippen LogP contribution in [0.4, 0.5) is 4.79 Å². The normalized spacial score (nSPS) is 23.8. The summed E-state index contributed by atoms with van der Waals surface area (Å²) in [5.41, 5.74) is 0. The summed E-state index contributed by atoms with van der Waals surface area (Å²) >= 11 is 0. The molecule has 2 amide bonds. The monoisotopic (exact) mass is 242 g/mol. The molecule has 5 heteroatoms. The van der Waals surface area contributed by atoms with Crippen LogP contribution in [0.15, 0.2) is 0 Å². The summed E-state index contributed by atoms with van der Waals surface area (Å²) in [5.74, 6) is -0.335. The zero-order valence-electron chi connectivity index (χ0n) is 10.5. The van der Waals surface area contributed by atoms with Crippen LogP contribution >= 0.6 is 0 Å². The number of amides is 2. The Morgan fingerprint density at radius 1 is 1.29 bits per heavy atom. The Balaban J connectivity index is 1.70. The van der Waals surface area contributed by atoms with Crippen molar-refractivity contribution in [2.75, 3.05) is 19.8 Å². The molecule has 2 N–H and O–H groups in total. The molecule has 1 heterocycles. The van der Waals surface area contributed by atoms with Gasteiger partial charge >= 0.3 is 6.03 Å². The second-order valence-electron chi connectivity index (χ2n) is 4.78. The SMILES string of the molecule is CCCNC(=O)NC1CCC2(CC1)OCCO2. The second-order valence-corrected chi connectivity index (χ2v) is 4.78. The van der Waals surface area contributed by atoms with Crippen molar-refractivity contribution in [3.63, 3.8) is 0 Å². The zero-order chi connectivity index (χ0) is 12.1. The van der Waals surface area contributed by atoms with Gasteiger partial charge in [0.05, 0.1) is 13.2 Å². The van der Waals surface area contributed by atoms with E-state index in [1.54, 1.807) is 0 Å². The summed E-state index contributed by atoms with van der Waals surface area (Å²) in [5, 5.41) is 5.83. The van der Waals surface area contributed by atoms with Gasteiger partial charge in [-0.2, -0.15) is 0 Å². The van der Waals surface area contributed by atoms with Gasteiger partial charge in [0, 0.05) is 25.4 Å². The minimum Gasteiger partial charge on any atom is -0.348 e. The van der Waals surface area contributed by atoms with E-state index in [9.17, 15) is 4.79 Å². The van der Waals surface area contributed by atoms with Crippen molar-refractivity contribution in [3.8, 4) is 0 Å². The average Bonchev–Trinajstić information content (AvgIpc) is 2.79. The van der Waals surface area contributed by atoms with E-state index in [1.807, 2.05) is 6.92 Å². The lowest BCUT2D eigenvalue weighted by atomic mass is 9.90. The molecule has 2 fully saturated rings. The van der Waals surface area contributed by atoms with Gasteiger partial charge in [0.2, 0.25) is 0 Å². The van der Waals surface area contributed by atoms with Gasteiger partial charge in [0.15, 0.2) is 5.79 Å². The Labute approximate surface area is 102 Å². The molecule has 0 aromatic rings. The number of carbonyl (C=O) groups is 1. The van der Waals surface area contributed by atoms with E-state index in [4.69, 9.17) is 9.47 Å². The van der Waals surface area contributed by atoms with E-state index in [-0.39, 0.29) is 17.9 Å². The van der Waals surface area contributed by atoms with E-state index in [0.717, 1.165) is 38.6 Å². The zero-order valence-corrected chi connectivity index (χ0v) is 10.5. The number of urea groups is 1. The third-order valence-electron chi connectivity index (χ3n) is 3.43. The van der Waals surface area contributed by atoms with Crippen LogP contribution in [-0.4, -0.2) is 37.6 Å². The number of hydrogen-bond acceptors (Lipinski definition) is 3.